The van der Waals surface area contributed by atoms with Crippen molar-refractivity contribution in [2.75, 3.05) is 0 Å². The number of rotatable bonds is 5. The SMILES string of the molecule is Cc1cccc(Oc2ccc(/C=C(/C(=O)O)c3ccccc3)cc2)c1. The molecule has 0 amide bonds. The zero-order chi connectivity index (χ0) is 17.6. The molecule has 0 aliphatic heterocycles. The maximum absolute atomic E-state index is 11.6. The van der Waals surface area contributed by atoms with E-state index in [0.29, 0.717) is 11.3 Å². The molecule has 0 heterocycles. The lowest BCUT2D eigenvalue weighted by molar-refractivity contribution is -0.130. The topological polar surface area (TPSA) is 46.5 Å². The first-order chi connectivity index (χ1) is 12.1. The number of benzene rings is 3. The average Bonchev–Trinajstić information content (AvgIpc) is 2.61. The fourth-order valence-corrected chi connectivity index (χ4v) is 2.50. The first-order valence-electron chi connectivity index (χ1n) is 7.97. The summed E-state index contributed by atoms with van der Waals surface area (Å²) >= 11 is 0. The Kier molecular flexibility index (Phi) is 4.95. The molecule has 3 aromatic rings. The van der Waals surface area contributed by atoms with Crippen molar-refractivity contribution < 1.29 is 14.6 Å². The van der Waals surface area contributed by atoms with Crippen LogP contribution in [0.4, 0.5) is 0 Å². The van der Waals surface area contributed by atoms with Crippen molar-refractivity contribution in [3.63, 3.8) is 0 Å². The first kappa shape index (κ1) is 16.5. The van der Waals surface area contributed by atoms with Crippen LogP contribution in [-0.2, 0) is 4.79 Å². The molecule has 0 fully saturated rings. The highest BCUT2D eigenvalue weighted by molar-refractivity contribution is 6.20. The van der Waals surface area contributed by atoms with Gasteiger partial charge in [-0.2, -0.15) is 0 Å². The molecule has 3 heteroatoms. The van der Waals surface area contributed by atoms with Gasteiger partial charge >= 0.3 is 5.97 Å². The van der Waals surface area contributed by atoms with E-state index in [1.165, 1.54) is 0 Å². The van der Waals surface area contributed by atoms with Crippen molar-refractivity contribution in [1.82, 2.24) is 0 Å². The van der Waals surface area contributed by atoms with Crippen LogP contribution >= 0.6 is 0 Å². The second-order valence-corrected chi connectivity index (χ2v) is 5.72. The van der Waals surface area contributed by atoms with E-state index in [4.69, 9.17) is 4.74 Å². The third-order valence-corrected chi connectivity index (χ3v) is 3.73. The molecule has 0 aromatic heterocycles. The molecule has 0 unspecified atom stereocenters. The number of aryl methyl sites for hydroxylation is 1. The summed E-state index contributed by atoms with van der Waals surface area (Å²) in [4.78, 5) is 11.6. The van der Waals surface area contributed by atoms with Gasteiger partial charge in [-0.25, -0.2) is 4.79 Å². The number of hydrogen-bond acceptors (Lipinski definition) is 2. The molecule has 3 rings (SSSR count). The standard InChI is InChI=1S/C22H18O3/c1-16-6-5-9-20(14-16)25-19-12-10-17(11-13-19)15-21(22(23)24)18-7-3-2-4-8-18/h2-15H,1H3,(H,23,24)/b21-15+. The van der Waals surface area contributed by atoms with E-state index in [9.17, 15) is 9.90 Å². The average molecular weight is 330 g/mol. The van der Waals surface area contributed by atoms with Crippen LogP contribution in [0.25, 0.3) is 11.6 Å². The minimum atomic E-state index is -0.953. The smallest absolute Gasteiger partial charge is 0.336 e. The molecule has 25 heavy (non-hydrogen) atoms. The van der Waals surface area contributed by atoms with Gasteiger partial charge in [-0.3, -0.25) is 0 Å². The van der Waals surface area contributed by atoms with Gasteiger partial charge in [-0.15, -0.1) is 0 Å². The summed E-state index contributed by atoms with van der Waals surface area (Å²) in [5, 5.41) is 9.47. The maximum atomic E-state index is 11.6. The van der Waals surface area contributed by atoms with Crippen molar-refractivity contribution in [3.8, 4) is 11.5 Å². The summed E-state index contributed by atoms with van der Waals surface area (Å²) < 4.78 is 5.81. The highest BCUT2D eigenvalue weighted by Crippen LogP contribution is 2.24. The molecule has 0 saturated carbocycles. The summed E-state index contributed by atoms with van der Waals surface area (Å²) in [5.74, 6) is 0.532. The van der Waals surface area contributed by atoms with Crippen molar-refractivity contribution in [2.45, 2.75) is 6.92 Å². The van der Waals surface area contributed by atoms with Crippen LogP contribution in [0.2, 0.25) is 0 Å². The van der Waals surface area contributed by atoms with Crippen molar-refractivity contribution in [2.24, 2.45) is 0 Å². The molecule has 1 N–H and O–H groups in total. The lowest BCUT2D eigenvalue weighted by Crippen LogP contribution is -1.99. The Labute approximate surface area is 146 Å². The third kappa shape index (κ3) is 4.36. The van der Waals surface area contributed by atoms with Crippen LogP contribution in [0.3, 0.4) is 0 Å². The van der Waals surface area contributed by atoms with Gasteiger partial charge in [-0.1, -0.05) is 54.6 Å². The molecular weight excluding hydrogens is 312 g/mol. The Morgan fingerprint density at radius 3 is 2.24 bits per heavy atom. The molecule has 0 spiro atoms. The zero-order valence-corrected chi connectivity index (χ0v) is 13.8. The minimum absolute atomic E-state index is 0.257. The highest BCUT2D eigenvalue weighted by Gasteiger charge is 2.09. The van der Waals surface area contributed by atoms with Gasteiger partial charge in [0.05, 0.1) is 5.57 Å². The van der Waals surface area contributed by atoms with Gasteiger partial charge in [0.1, 0.15) is 11.5 Å². The van der Waals surface area contributed by atoms with Crippen molar-refractivity contribution >= 4 is 17.6 Å². The van der Waals surface area contributed by atoms with Gasteiger partial charge in [0, 0.05) is 0 Å². The van der Waals surface area contributed by atoms with Crippen LogP contribution in [0.5, 0.6) is 11.5 Å². The molecule has 0 aliphatic rings. The van der Waals surface area contributed by atoms with Gasteiger partial charge < -0.3 is 9.84 Å². The van der Waals surface area contributed by atoms with E-state index in [1.807, 2.05) is 73.7 Å². The number of carbonyl (C=O) groups is 1. The normalized spacial score (nSPS) is 11.2. The van der Waals surface area contributed by atoms with Gasteiger partial charge in [-0.05, 0) is 54.0 Å². The van der Waals surface area contributed by atoms with E-state index >= 15 is 0 Å². The Morgan fingerprint density at radius 2 is 1.60 bits per heavy atom. The summed E-state index contributed by atoms with van der Waals surface area (Å²) in [7, 11) is 0. The van der Waals surface area contributed by atoms with Gasteiger partial charge in [0.25, 0.3) is 0 Å². The molecule has 0 saturated heterocycles. The molecule has 0 aliphatic carbocycles. The molecule has 0 radical (unpaired) electrons. The Bertz CT molecular complexity index is 894. The zero-order valence-electron chi connectivity index (χ0n) is 13.8. The number of aliphatic carboxylic acids is 1. The Morgan fingerprint density at radius 1 is 0.880 bits per heavy atom. The Balaban J connectivity index is 1.82. The first-order valence-corrected chi connectivity index (χ1v) is 7.97. The monoisotopic (exact) mass is 330 g/mol. The van der Waals surface area contributed by atoms with Crippen molar-refractivity contribution in [1.29, 1.82) is 0 Å². The van der Waals surface area contributed by atoms with Crippen LogP contribution in [-0.4, -0.2) is 11.1 Å². The van der Waals surface area contributed by atoms with Crippen LogP contribution in [0.15, 0.2) is 78.9 Å². The summed E-state index contributed by atoms with van der Waals surface area (Å²) in [5.41, 5.74) is 2.87. The molecule has 3 nitrogen and oxygen atoms in total. The summed E-state index contributed by atoms with van der Waals surface area (Å²) in [6.45, 7) is 2.01. The number of carboxylic acid groups (broad SMARTS) is 1. The minimum Gasteiger partial charge on any atom is -0.478 e. The third-order valence-electron chi connectivity index (χ3n) is 3.73. The quantitative estimate of drug-likeness (QED) is 0.502. The van der Waals surface area contributed by atoms with Crippen LogP contribution in [0, 0.1) is 6.92 Å². The lowest BCUT2D eigenvalue weighted by atomic mass is 10.0. The Hall–Kier alpha value is -3.33. The van der Waals surface area contributed by atoms with E-state index in [-0.39, 0.29) is 5.57 Å². The van der Waals surface area contributed by atoms with E-state index < -0.39 is 5.97 Å². The largest absolute Gasteiger partial charge is 0.478 e. The lowest BCUT2D eigenvalue weighted by Gasteiger charge is -2.07. The molecule has 124 valence electrons. The fraction of sp³-hybridized carbons (Fsp3) is 0.0455. The number of ether oxygens (including phenoxy) is 1. The molecule has 0 bridgehead atoms. The fourth-order valence-electron chi connectivity index (χ4n) is 2.50. The predicted molar refractivity (Wildman–Crippen MR) is 99.6 cm³/mol. The van der Waals surface area contributed by atoms with Crippen LogP contribution in [0.1, 0.15) is 16.7 Å². The van der Waals surface area contributed by atoms with E-state index in [1.54, 1.807) is 18.2 Å². The van der Waals surface area contributed by atoms with E-state index in [2.05, 4.69) is 0 Å². The highest BCUT2D eigenvalue weighted by atomic mass is 16.5. The van der Waals surface area contributed by atoms with E-state index in [0.717, 1.165) is 16.9 Å². The predicted octanol–water partition coefficient (Wildman–Crippen LogP) is 5.41. The van der Waals surface area contributed by atoms with Crippen LogP contribution < -0.4 is 4.74 Å². The molecule has 0 atom stereocenters. The molecular formula is C22H18O3. The van der Waals surface area contributed by atoms with Gasteiger partial charge in [0.15, 0.2) is 0 Å². The summed E-state index contributed by atoms with van der Waals surface area (Å²) in [6, 6.07) is 24.3. The second kappa shape index (κ2) is 7.49. The summed E-state index contributed by atoms with van der Waals surface area (Å²) in [6.07, 6.45) is 1.66. The second-order valence-electron chi connectivity index (χ2n) is 5.72. The number of carboxylic acids is 1. The molecule has 3 aromatic carbocycles. The van der Waals surface area contributed by atoms with Crippen molar-refractivity contribution in [3.05, 3.63) is 95.6 Å². The van der Waals surface area contributed by atoms with Gasteiger partial charge in [0.2, 0.25) is 0 Å². The maximum Gasteiger partial charge on any atom is 0.336 e. The number of hydrogen-bond donors (Lipinski definition) is 1.